The molecule has 33 heavy (non-hydrogen) atoms. The predicted octanol–water partition coefficient (Wildman–Crippen LogP) is 2.93. The number of pyridine rings is 4. The van der Waals surface area contributed by atoms with Gasteiger partial charge in [0.1, 0.15) is 11.5 Å². The number of nitrogens with zero attached hydrogens (tertiary/aromatic N) is 5. The van der Waals surface area contributed by atoms with E-state index in [1.54, 1.807) is 64.3 Å². The number of imidazole rings is 1. The van der Waals surface area contributed by atoms with Crippen LogP contribution in [-0.4, -0.2) is 36.1 Å². The van der Waals surface area contributed by atoms with Gasteiger partial charge in [-0.05, 0) is 35.7 Å². The third-order valence-corrected chi connectivity index (χ3v) is 5.27. The number of hydrogen-bond acceptors (Lipinski definition) is 6. The summed E-state index contributed by atoms with van der Waals surface area (Å²) in [4.78, 5) is 48.4. The first-order valence-electron chi connectivity index (χ1n) is 10.2. The average Bonchev–Trinajstić information content (AvgIpc) is 3.22. The molecule has 5 rings (SSSR count). The van der Waals surface area contributed by atoms with Crippen molar-refractivity contribution in [2.24, 2.45) is 0 Å². The van der Waals surface area contributed by atoms with Crippen molar-refractivity contribution in [3.8, 4) is 11.1 Å². The molecule has 9 heteroatoms. The van der Waals surface area contributed by atoms with Crippen molar-refractivity contribution in [3.05, 3.63) is 89.1 Å². The molecule has 0 aliphatic heterocycles. The van der Waals surface area contributed by atoms with Gasteiger partial charge in [0.05, 0.1) is 17.6 Å². The van der Waals surface area contributed by atoms with Crippen molar-refractivity contribution in [3.63, 3.8) is 0 Å². The zero-order chi connectivity index (χ0) is 22.9. The van der Waals surface area contributed by atoms with E-state index in [0.29, 0.717) is 28.1 Å². The molecule has 0 aliphatic rings. The fourth-order valence-electron chi connectivity index (χ4n) is 3.75. The summed E-state index contributed by atoms with van der Waals surface area (Å²) >= 11 is 0. The Morgan fingerprint density at radius 3 is 2.70 bits per heavy atom. The first kappa shape index (κ1) is 20.3. The Labute approximate surface area is 187 Å². The highest BCUT2D eigenvalue weighted by Gasteiger charge is 2.11. The van der Waals surface area contributed by atoms with Gasteiger partial charge in [-0.15, -0.1) is 0 Å². The highest BCUT2D eigenvalue weighted by atomic mass is 16.1. The third-order valence-electron chi connectivity index (χ3n) is 5.27. The number of aldehydes is 1. The number of nitrogens with one attached hydrogen (secondary N) is 1. The van der Waals surface area contributed by atoms with Crippen LogP contribution in [0.2, 0.25) is 0 Å². The quantitative estimate of drug-likeness (QED) is 0.423. The molecule has 0 unspecified atom stereocenters. The minimum absolute atomic E-state index is 0.185. The maximum absolute atomic E-state index is 13.2. The van der Waals surface area contributed by atoms with Crippen LogP contribution >= 0.6 is 0 Å². The standard InChI is InChI=1S/C24H18N6O3/c1-15(32)27-22-4-3-17(8-26-22)20-9-25-10-21-19(20)6-7-29(24(21)33)12-18-13-30-11-16(14-31)2-5-23(30)28-18/h2-11,13-14H,12H2,1H3,(H,26,27,32). The molecular formula is C24H18N6O3. The minimum Gasteiger partial charge on any atom is -0.311 e. The highest BCUT2D eigenvalue weighted by Crippen LogP contribution is 2.26. The summed E-state index contributed by atoms with van der Waals surface area (Å²) in [5.41, 5.74) is 3.31. The third kappa shape index (κ3) is 3.87. The normalized spacial score (nSPS) is 11.1. The maximum Gasteiger partial charge on any atom is 0.260 e. The van der Waals surface area contributed by atoms with Crippen LogP contribution in [0.3, 0.4) is 0 Å². The van der Waals surface area contributed by atoms with Crippen molar-refractivity contribution in [2.45, 2.75) is 13.5 Å². The fourth-order valence-corrected chi connectivity index (χ4v) is 3.75. The molecule has 0 spiro atoms. The molecule has 1 N–H and O–H groups in total. The number of fused-ring (bicyclic) bond motifs is 2. The van der Waals surface area contributed by atoms with E-state index in [0.717, 1.165) is 22.8 Å². The van der Waals surface area contributed by atoms with Gasteiger partial charge in [-0.25, -0.2) is 9.97 Å². The summed E-state index contributed by atoms with van der Waals surface area (Å²) in [6.07, 6.45) is 10.9. The van der Waals surface area contributed by atoms with Crippen LogP contribution in [0, 0.1) is 0 Å². The molecule has 0 bridgehead atoms. The Morgan fingerprint density at radius 2 is 1.94 bits per heavy atom. The van der Waals surface area contributed by atoms with Crippen molar-refractivity contribution in [1.82, 2.24) is 23.9 Å². The van der Waals surface area contributed by atoms with Crippen LogP contribution in [0.5, 0.6) is 0 Å². The van der Waals surface area contributed by atoms with Crippen LogP contribution < -0.4 is 10.9 Å². The van der Waals surface area contributed by atoms with Gasteiger partial charge < -0.3 is 14.3 Å². The molecule has 5 aromatic heterocycles. The molecule has 0 fully saturated rings. The Kier molecular flexibility index (Phi) is 4.98. The Morgan fingerprint density at radius 1 is 1.06 bits per heavy atom. The summed E-state index contributed by atoms with van der Waals surface area (Å²) in [5, 5.41) is 3.87. The van der Waals surface area contributed by atoms with E-state index in [-0.39, 0.29) is 18.0 Å². The minimum atomic E-state index is -0.197. The number of carbonyl (C=O) groups is 2. The number of hydrogen-bond donors (Lipinski definition) is 1. The van der Waals surface area contributed by atoms with Gasteiger partial charge in [-0.2, -0.15) is 0 Å². The van der Waals surface area contributed by atoms with Crippen molar-refractivity contribution >= 4 is 34.4 Å². The van der Waals surface area contributed by atoms with E-state index in [2.05, 4.69) is 20.3 Å². The van der Waals surface area contributed by atoms with Crippen LogP contribution in [0.15, 0.2) is 72.3 Å². The zero-order valence-electron chi connectivity index (χ0n) is 17.6. The lowest BCUT2D eigenvalue weighted by atomic mass is 10.0. The number of carbonyl (C=O) groups excluding carboxylic acids is 2. The van der Waals surface area contributed by atoms with Crippen LogP contribution in [0.1, 0.15) is 23.0 Å². The molecule has 1 amide bonds. The number of anilines is 1. The Balaban J connectivity index is 1.50. The van der Waals surface area contributed by atoms with Gasteiger partial charge in [0.15, 0.2) is 6.29 Å². The van der Waals surface area contributed by atoms with E-state index < -0.39 is 0 Å². The highest BCUT2D eigenvalue weighted by molar-refractivity contribution is 5.95. The van der Waals surface area contributed by atoms with Crippen LogP contribution in [-0.2, 0) is 11.3 Å². The molecule has 0 saturated carbocycles. The Hall–Kier alpha value is -4.66. The SMILES string of the molecule is CC(=O)Nc1ccc(-c2cncc3c(=O)n(Cc4cn5cc(C=O)ccc5n4)ccc23)cn1. The average molecular weight is 438 g/mol. The Bertz CT molecular complexity index is 1580. The second-order valence-corrected chi connectivity index (χ2v) is 7.59. The monoisotopic (exact) mass is 438 g/mol. The maximum atomic E-state index is 13.2. The lowest BCUT2D eigenvalue weighted by molar-refractivity contribution is -0.114. The van der Waals surface area contributed by atoms with Gasteiger partial charge in [0, 0.05) is 60.8 Å². The first-order chi connectivity index (χ1) is 16.0. The molecular weight excluding hydrogens is 420 g/mol. The lowest BCUT2D eigenvalue weighted by Gasteiger charge is -2.09. The molecule has 5 aromatic rings. The van der Waals surface area contributed by atoms with Gasteiger partial charge in [-0.3, -0.25) is 19.4 Å². The lowest BCUT2D eigenvalue weighted by Crippen LogP contribution is -2.20. The molecule has 9 nitrogen and oxygen atoms in total. The molecule has 0 saturated heterocycles. The summed E-state index contributed by atoms with van der Waals surface area (Å²) in [5.74, 6) is 0.256. The number of aromatic nitrogens is 5. The van der Waals surface area contributed by atoms with Gasteiger partial charge >= 0.3 is 0 Å². The first-order valence-corrected chi connectivity index (χ1v) is 10.2. The van der Waals surface area contributed by atoms with Gasteiger partial charge in [0.2, 0.25) is 5.91 Å². The number of amides is 1. The van der Waals surface area contributed by atoms with E-state index in [1.807, 2.05) is 12.1 Å². The fraction of sp³-hybridized carbons (Fsp3) is 0.0833. The molecule has 0 aliphatic carbocycles. The summed E-state index contributed by atoms with van der Waals surface area (Å²) in [7, 11) is 0. The smallest absolute Gasteiger partial charge is 0.260 e. The second-order valence-electron chi connectivity index (χ2n) is 7.59. The van der Waals surface area contributed by atoms with Crippen LogP contribution in [0.25, 0.3) is 27.5 Å². The number of rotatable bonds is 5. The van der Waals surface area contributed by atoms with E-state index in [4.69, 9.17) is 0 Å². The topological polar surface area (TPSA) is 111 Å². The van der Waals surface area contributed by atoms with E-state index in [1.165, 1.54) is 6.92 Å². The molecule has 0 atom stereocenters. The van der Waals surface area contributed by atoms with Gasteiger partial charge in [0.25, 0.3) is 5.56 Å². The summed E-state index contributed by atoms with van der Waals surface area (Å²) in [6, 6.07) is 8.86. The van der Waals surface area contributed by atoms with Crippen molar-refractivity contribution < 1.29 is 9.59 Å². The summed E-state index contributed by atoms with van der Waals surface area (Å²) in [6.45, 7) is 1.70. The molecule has 0 radical (unpaired) electrons. The predicted molar refractivity (Wildman–Crippen MR) is 123 cm³/mol. The van der Waals surface area contributed by atoms with Gasteiger partial charge in [-0.1, -0.05) is 0 Å². The van der Waals surface area contributed by atoms with E-state index in [9.17, 15) is 14.4 Å². The second kappa shape index (κ2) is 8.12. The molecule has 0 aromatic carbocycles. The molecule has 5 heterocycles. The van der Waals surface area contributed by atoms with Crippen molar-refractivity contribution in [1.29, 1.82) is 0 Å². The van der Waals surface area contributed by atoms with Crippen LogP contribution in [0.4, 0.5) is 5.82 Å². The molecule has 162 valence electrons. The largest absolute Gasteiger partial charge is 0.311 e. The zero-order valence-corrected chi connectivity index (χ0v) is 17.6. The van der Waals surface area contributed by atoms with E-state index >= 15 is 0 Å². The van der Waals surface area contributed by atoms with Crippen molar-refractivity contribution in [2.75, 3.05) is 5.32 Å². The summed E-state index contributed by atoms with van der Waals surface area (Å²) < 4.78 is 3.34.